The second kappa shape index (κ2) is 5.44. The smallest absolute Gasteiger partial charge is 0.120 e. The number of fused-ring (bicyclic) bond motifs is 1. The molecule has 2 aliphatic rings. The molecule has 0 amide bonds. The minimum absolute atomic E-state index is 0.128. The number of phenols is 1. The van der Waals surface area contributed by atoms with Crippen LogP contribution in [0.3, 0.4) is 0 Å². The average Bonchev–Trinajstić information content (AvgIpc) is 3.18. The van der Waals surface area contributed by atoms with Crippen LogP contribution in [0.15, 0.2) is 18.3 Å². The Hall–Kier alpha value is -1.23. The maximum Gasteiger partial charge on any atom is 0.120 e. The van der Waals surface area contributed by atoms with Gasteiger partial charge in [-0.3, -0.25) is 0 Å². The third-order valence-corrected chi connectivity index (χ3v) is 5.62. The summed E-state index contributed by atoms with van der Waals surface area (Å²) in [5.74, 6) is 1.95. The first-order valence-electron chi connectivity index (χ1n) is 7.57. The minimum Gasteiger partial charge on any atom is -0.508 e. The van der Waals surface area contributed by atoms with E-state index in [1.807, 2.05) is 6.20 Å². The summed E-state index contributed by atoms with van der Waals surface area (Å²) in [7, 11) is 0. The van der Waals surface area contributed by atoms with Crippen LogP contribution in [0.25, 0.3) is 0 Å². The molecule has 2 aliphatic heterocycles. The number of phenolic OH excluding ortho intramolecular Hbond substituents is 1. The first-order chi connectivity index (χ1) is 10.6. The Kier molecular flexibility index (Phi) is 3.56. The molecule has 4 nitrogen and oxygen atoms in total. The number of benzene rings is 1. The largest absolute Gasteiger partial charge is 0.508 e. The van der Waals surface area contributed by atoms with E-state index in [1.54, 1.807) is 12.1 Å². The van der Waals surface area contributed by atoms with Gasteiger partial charge in [-0.25, -0.2) is 4.98 Å². The topological polar surface area (TPSA) is 50.1 Å². The second-order valence-electron chi connectivity index (χ2n) is 6.09. The predicted octanol–water partition coefficient (Wildman–Crippen LogP) is 3.31. The lowest BCUT2D eigenvalue weighted by molar-refractivity contribution is 0.458. The molecule has 4 rings (SSSR count). The van der Waals surface area contributed by atoms with Crippen molar-refractivity contribution >= 4 is 23.2 Å². The number of halogens is 2. The molecule has 6 heteroatoms. The van der Waals surface area contributed by atoms with E-state index in [4.69, 9.17) is 23.2 Å². The van der Waals surface area contributed by atoms with E-state index in [9.17, 15) is 5.11 Å². The Morgan fingerprint density at radius 2 is 2.14 bits per heavy atom. The Morgan fingerprint density at radius 3 is 2.91 bits per heavy atom. The number of hydrogen-bond donors (Lipinski definition) is 2. The zero-order chi connectivity index (χ0) is 15.3. The van der Waals surface area contributed by atoms with Crippen LogP contribution in [-0.4, -0.2) is 27.7 Å². The highest BCUT2D eigenvalue weighted by atomic mass is 35.5. The summed E-state index contributed by atoms with van der Waals surface area (Å²) in [6.45, 7) is 2.88. The van der Waals surface area contributed by atoms with Gasteiger partial charge in [-0.15, -0.1) is 0 Å². The van der Waals surface area contributed by atoms with Crippen molar-refractivity contribution in [2.45, 2.75) is 31.2 Å². The summed E-state index contributed by atoms with van der Waals surface area (Å²) >= 11 is 12.4. The minimum atomic E-state index is 0.128. The number of hydrogen-bond acceptors (Lipinski definition) is 3. The number of imidazole rings is 1. The first kappa shape index (κ1) is 14.4. The molecule has 1 aromatic carbocycles. The van der Waals surface area contributed by atoms with E-state index in [0.29, 0.717) is 16.0 Å². The zero-order valence-electron chi connectivity index (χ0n) is 12.0. The van der Waals surface area contributed by atoms with Crippen LogP contribution in [0, 0.1) is 0 Å². The maximum atomic E-state index is 10.2. The van der Waals surface area contributed by atoms with Gasteiger partial charge >= 0.3 is 0 Å². The van der Waals surface area contributed by atoms with E-state index >= 15 is 0 Å². The van der Waals surface area contributed by atoms with Crippen molar-refractivity contribution in [3.8, 4) is 5.75 Å². The fourth-order valence-corrected chi connectivity index (χ4v) is 4.16. The molecule has 22 heavy (non-hydrogen) atoms. The lowest BCUT2D eigenvalue weighted by atomic mass is 9.96. The molecule has 1 fully saturated rings. The van der Waals surface area contributed by atoms with Gasteiger partial charge in [0.1, 0.15) is 11.6 Å². The quantitative estimate of drug-likeness (QED) is 0.883. The van der Waals surface area contributed by atoms with Crippen molar-refractivity contribution in [1.29, 1.82) is 0 Å². The molecule has 1 saturated heterocycles. The molecule has 0 aliphatic carbocycles. The van der Waals surface area contributed by atoms with Crippen LogP contribution in [0.2, 0.25) is 10.0 Å². The van der Waals surface area contributed by atoms with Crippen molar-refractivity contribution in [2.24, 2.45) is 0 Å². The number of nitrogens with zero attached hydrogens (tertiary/aromatic N) is 2. The summed E-state index contributed by atoms with van der Waals surface area (Å²) in [6.07, 6.45) is 3.94. The van der Waals surface area contributed by atoms with E-state index in [2.05, 4.69) is 14.9 Å². The lowest BCUT2D eigenvalue weighted by Gasteiger charge is -2.16. The zero-order valence-corrected chi connectivity index (χ0v) is 13.5. The molecular weight excluding hydrogens is 321 g/mol. The van der Waals surface area contributed by atoms with Crippen LogP contribution in [0.4, 0.5) is 0 Å². The number of aromatic nitrogens is 2. The van der Waals surface area contributed by atoms with Crippen LogP contribution < -0.4 is 5.32 Å². The van der Waals surface area contributed by atoms with Crippen molar-refractivity contribution in [1.82, 2.24) is 14.9 Å². The normalized spacial score (nSPS) is 23.9. The van der Waals surface area contributed by atoms with E-state index < -0.39 is 0 Å². The highest BCUT2D eigenvalue weighted by molar-refractivity contribution is 6.42. The van der Waals surface area contributed by atoms with Crippen LogP contribution in [0.5, 0.6) is 5.75 Å². The summed E-state index contributed by atoms with van der Waals surface area (Å²) in [5, 5.41) is 14.5. The predicted molar refractivity (Wildman–Crippen MR) is 87.0 cm³/mol. The Bertz CT molecular complexity index is 722. The Balaban J connectivity index is 1.67. The monoisotopic (exact) mass is 337 g/mol. The highest BCUT2D eigenvalue weighted by Gasteiger charge is 2.32. The lowest BCUT2D eigenvalue weighted by Crippen LogP contribution is -2.12. The van der Waals surface area contributed by atoms with E-state index in [0.717, 1.165) is 43.9 Å². The molecule has 3 heterocycles. The second-order valence-corrected chi connectivity index (χ2v) is 6.88. The van der Waals surface area contributed by atoms with Gasteiger partial charge in [-0.2, -0.15) is 0 Å². The van der Waals surface area contributed by atoms with Gasteiger partial charge in [-0.1, -0.05) is 23.2 Å². The summed E-state index contributed by atoms with van der Waals surface area (Å²) in [4.78, 5) is 4.58. The van der Waals surface area contributed by atoms with Crippen molar-refractivity contribution < 1.29 is 5.11 Å². The first-order valence-corrected chi connectivity index (χ1v) is 8.32. The molecular formula is C16H17Cl2N3O. The highest BCUT2D eigenvalue weighted by Crippen LogP contribution is 2.42. The molecule has 0 unspecified atom stereocenters. The van der Waals surface area contributed by atoms with Gasteiger partial charge in [0.2, 0.25) is 0 Å². The van der Waals surface area contributed by atoms with Crippen LogP contribution in [0.1, 0.15) is 35.3 Å². The Labute approximate surface area is 139 Å². The summed E-state index contributed by atoms with van der Waals surface area (Å²) in [6, 6.07) is 3.25. The Morgan fingerprint density at radius 1 is 1.27 bits per heavy atom. The average molecular weight is 338 g/mol. The van der Waals surface area contributed by atoms with Gasteiger partial charge in [0, 0.05) is 48.8 Å². The third kappa shape index (κ3) is 2.21. The molecule has 2 N–H and O–H groups in total. The maximum absolute atomic E-state index is 10.2. The van der Waals surface area contributed by atoms with Gasteiger partial charge in [0.25, 0.3) is 0 Å². The van der Waals surface area contributed by atoms with Gasteiger partial charge in [0.15, 0.2) is 0 Å². The molecule has 2 aromatic rings. The molecule has 0 saturated carbocycles. The number of aromatic hydroxyl groups is 1. The molecule has 116 valence electrons. The SMILES string of the molecule is Oc1ccc(Cl)c(Cl)c1[C@@H]1Cc2ncc([C@@H]3CCNC3)n2C1. The fourth-order valence-electron chi connectivity index (χ4n) is 3.68. The summed E-state index contributed by atoms with van der Waals surface area (Å²) < 4.78 is 2.29. The van der Waals surface area contributed by atoms with Crippen molar-refractivity contribution in [2.75, 3.05) is 13.1 Å². The fraction of sp³-hybridized carbons (Fsp3) is 0.438. The van der Waals surface area contributed by atoms with Crippen molar-refractivity contribution in [3.63, 3.8) is 0 Å². The molecule has 0 bridgehead atoms. The van der Waals surface area contributed by atoms with Gasteiger partial charge in [-0.05, 0) is 25.1 Å². The van der Waals surface area contributed by atoms with Crippen LogP contribution >= 0.6 is 23.2 Å². The number of rotatable bonds is 2. The van der Waals surface area contributed by atoms with Gasteiger partial charge < -0.3 is 15.0 Å². The number of nitrogens with one attached hydrogen (secondary N) is 1. The molecule has 1 aromatic heterocycles. The molecule has 0 radical (unpaired) electrons. The van der Waals surface area contributed by atoms with E-state index in [1.165, 1.54) is 5.69 Å². The molecule has 0 spiro atoms. The standard InChI is InChI=1S/C16H17Cl2N3O/c17-11-1-2-13(22)15(16(11)18)10-5-14-20-7-12(21(14)8-10)9-3-4-19-6-9/h1-2,7,9-10,19,22H,3-6,8H2/t9-,10-/m1/s1. The van der Waals surface area contributed by atoms with Gasteiger partial charge in [0.05, 0.1) is 10.0 Å². The summed E-state index contributed by atoms with van der Waals surface area (Å²) in [5.41, 5.74) is 2.04. The van der Waals surface area contributed by atoms with Crippen LogP contribution in [-0.2, 0) is 13.0 Å². The van der Waals surface area contributed by atoms with E-state index in [-0.39, 0.29) is 11.7 Å². The molecule has 2 atom stereocenters. The third-order valence-electron chi connectivity index (χ3n) is 4.80. The van der Waals surface area contributed by atoms with Crippen molar-refractivity contribution in [3.05, 3.63) is 45.5 Å².